The van der Waals surface area contributed by atoms with E-state index in [1.165, 1.54) is 0 Å². The smallest absolute Gasteiger partial charge is 0.327 e. The third kappa shape index (κ3) is 7.36. The molecule has 2 atom stereocenters. The SMILES string of the molecule is C#CCC(NC(=O)NCCS(=O)CC)C(=O)O. The average Bonchev–Trinajstić information content (AvgIpc) is 2.28. The van der Waals surface area contributed by atoms with Crippen molar-refractivity contribution in [3.05, 3.63) is 0 Å². The van der Waals surface area contributed by atoms with Gasteiger partial charge in [-0.3, -0.25) is 4.21 Å². The molecule has 0 aliphatic heterocycles. The molecular formula is C10H16N2O4S. The topological polar surface area (TPSA) is 95.5 Å². The third-order valence-corrected chi connectivity index (χ3v) is 3.17. The molecule has 0 radical (unpaired) electrons. The zero-order chi connectivity index (χ0) is 13.3. The molecular weight excluding hydrogens is 244 g/mol. The molecule has 0 aromatic carbocycles. The summed E-state index contributed by atoms with van der Waals surface area (Å²) >= 11 is 0. The van der Waals surface area contributed by atoms with Gasteiger partial charge in [-0.15, -0.1) is 12.3 Å². The number of carbonyl (C=O) groups is 2. The molecule has 0 aliphatic rings. The van der Waals surface area contributed by atoms with Crippen LogP contribution in [0.5, 0.6) is 0 Å². The lowest BCUT2D eigenvalue weighted by Crippen LogP contribution is -2.46. The molecule has 0 spiro atoms. The second-order valence-electron chi connectivity index (χ2n) is 3.13. The molecule has 2 amide bonds. The summed E-state index contributed by atoms with van der Waals surface area (Å²) in [4.78, 5) is 21.9. The zero-order valence-corrected chi connectivity index (χ0v) is 10.4. The molecule has 3 N–H and O–H groups in total. The predicted octanol–water partition coefficient (Wildman–Crippen LogP) is -0.469. The van der Waals surface area contributed by atoms with Crippen LogP contribution in [0.1, 0.15) is 13.3 Å². The van der Waals surface area contributed by atoms with Gasteiger partial charge in [-0.1, -0.05) is 6.92 Å². The quantitative estimate of drug-likeness (QED) is 0.539. The molecule has 0 bridgehead atoms. The number of aliphatic carboxylic acids is 1. The number of rotatable bonds is 7. The van der Waals surface area contributed by atoms with E-state index in [0.29, 0.717) is 11.5 Å². The first-order valence-corrected chi connectivity index (χ1v) is 6.55. The van der Waals surface area contributed by atoms with Crippen LogP contribution in [0.25, 0.3) is 0 Å². The zero-order valence-electron chi connectivity index (χ0n) is 9.56. The minimum absolute atomic E-state index is 0.0797. The molecule has 0 heterocycles. The Balaban J connectivity index is 3.95. The van der Waals surface area contributed by atoms with Crippen LogP contribution >= 0.6 is 0 Å². The number of hydrogen-bond donors (Lipinski definition) is 3. The average molecular weight is 260 g/mol. The summed E-state index contributed by atoms with van der Waals surface area (Å²) < 4.78 is 11.0. The van der Waals surface area contributed by atoms with Crippen molar-refractivity contribution in [2.24, 2.45) is 0 Å². The number of hydrogen-bond acceptors (Lipinski definition) is 3. The van der Waals surface area contributed by atoms with Crippen molar-refractivity contribution in [1.29, 1.82) is 0 Å². The molecule has 96 valence electrons. The number of amides is 2. The summed E-state index contributed by atoms with van der Waals surface area (Å²) in [5.41, 5.74) is 0. The van der Waals surface area contributed by atoms with Gasteiger partial charge in [-0.25, -0.2) is 9.59 Å². The summed E-state index contributed by atoms with van der Waals surface area (Å²) in [6.45, 7) is 2.01. The summed E-state index contributed by atoms with van der Waals surface area (Å²) in [6.07, 6.45) is 4.90. The normalized spacial score (nSPS) is 13.2. The van der Waals surface area contributed by atoms with Crippen LogP contribution in [0.4, 0.5) is 4.79 Å². The van der Waals surface area contributed by atoms with Gasteiger partial charge < -0.3 is 15.7 Å². The van der Waals surface area contributed by atoms with Gasteiger partial charge in [0.15, 0.2) is 0 Å². The van der Waals surface area contributed by atoms with Crippen molar-refractivity contribution in [3.63, 3.8) is 0 Å². The lowest BCUT2D eigenvalue weighted by molar-refractivity contribution is -0.139. The number of carbonyl (C=O) groups excluding carboxylic acids is 1. The van der Waals surface area contributed by atoms with Crippen molar-refractivity contribution < 1.29 is 18.9 Å². The van der Waals surface area contributed by atoms with Crippen molar-refractivity contribution in [3.8, 4) is 12.3 Å². The fourth-order valence-electron chi connectivity index (χ4n) is 0.950. The maximum atomic E-state index is 11.2. The van der Waals surface area contributed by atoms with Crippen molar-refractivity contribution >= 4 is 22.8 Å². The first kappa shape index (κ1) is 15.4. The molecule has 0 saturated heterocycles. The molecule has 0 fully saturated rings. The monoisotopic (exact) mass is 260 g/mol. The van der Waals surface area contributed by atoms with E-state index in [9.17, 15) is 13.8 Å². The highest BCUT2D eigenvalue weighted by Crippen LogP contribution is 1.90. The van der Waals surface area contributed by atoms with E-state index >= 15 is 0 Å². The standard InChI is InChI=1S/C10H16N2O4S/c1-3-5-8(9(13)14)12-10(15)11-6-7-17(16)4-2/h1,8H,4-7H2,2H3,(H,13,14)(H2,11,12,15). The van der Waals surface area contributed by atoms with Gasteiger partial charge in [0.25, 0.3) is 0 Å². The molecule has 6 nitrogen and oxygen atoms in total. The Morgan fingerprint density at radius 1 is 1.53 bits per heavy atom. The maximum absolute atomic E-state index is 11.2. The van der Waals surface area contributed by atoms with Crippen molar-refractivity contribution in [2.45, 2.75) is 19.4 Å². The number of carboxylic acids is 1. The van der Waals surface area contributed by atoms with Gasteiger partial charge in [0, 0.05) is 35.3 Å². The van der Waals surface area contributed by atoms with Crippen molar-refractivity contribution in [1.82, 2.24) is 10.6 Å². The Kier molecular flexibility index (Phi) is 7.80. The van der Waals surface area contributed by atoms with Gasteiger partial charge in [0.1, 0.15) is 6.04 Å². The van der Waals surface area contributed by atoms with E-state index in [1.54, 1.807) is 6.92 Å². The molecule has 0 aliphatic carbocycles. The number of terminal acetylenes is 1. The Morgan fingerprint density at radius 3 is 2.65 bits per heavy atom. The number of carboxylic acid groups (broad SMARTS) is 1. The van der Waals surface area contributed by atoms with Crippen LogP contribution in [0.2, 0.25) is 0 Å². The second-order valence-corrected chi connectivity index (χ2v) is 5.00. The van der Waals surface area contributed by atoms with E-state index in [4.69, 9.17) is 11.5 Å². The van der Waals surface area contributed by atoms with Crippen LogP contribution < -0.4 is 10.6 Å². The lowest BCUT2D eigenvalue weighted by atomic mass is 10.2. The largest absolute Gasteiger partial charge is 0.480 e. The van der Waals surface area contributed by atoms with Gasteiger partial charge in [0.05, 0.1) is 0 Å². The number of urea groups is 1. The summed E-state index contributed by atoms with van der Waals surface area (Å²) in [5, 5.41) is 13.4. The second kappa shape index (κ2) is 8.58. The minimum Gasteiger partial charge on any atom is -0.480 e. The lowest BCUT2D eigenvalue weighted by Gasteiger charge is -2.12. The van der Waals surface area contributed by atoms with Crippen molar-refractivity contribution in [2.75, 3.05) is 18.1 Å². The summed E-state index contributed by atoms with van der Waals surface area (Å²) in [7, 11) is -0.959. The molecule has 17 heavy (non-hydrogen) atoms. The van der Waals surface area contributed by atoms with Gasteiger partial charge in [0.2, 0.25) is 0 Å². The highest BCUT2D eigenvalue weighted by molar-refractivity contribution is 7.84. The van der Waals surface area contributed by atoms with E-state index in [2.05, 4.69) is 16.6 Å². The van der Waals surface area contributed by atoms with E-state index in [-0.39, 0.29) is 13.0 Å². The molecule has 0 rings (SSSR count). The Morgan fingerprint density at radius 2 is 2.18 bits per heavy atom. The van der Waals surface area contributed by atoms with Gasteiger partial charge in [-0.05, 0) is 0 Å². The first-order chi connectivity index (χ1) is 8.01. The molecule has 0 saturated carbocycles. The molecule has 2 unspecified atom stereocenters. The Labute approximate surface area is 103 Å². The summed E-state index contributed by atoms with van der Waals surface area (Å²) in [6, 6.07) is -1.72. The maximum Gasteiger partial charge on any atom is 0.327 e. The molecule has 0 aromatic heterocycles. The van der Waals surface area contributed by atoms with Crippen LogP contribution in [0.3, 0.4) is 0 Å². The van der Waals surface area contributed by atoms with Crippen LogP contribution in [0.15, 0.2) is 0 Å². The Hall–Kier alpha value is -1.55. The first-order valence-electron chi connectivity index (χ1n) is 5.06. The minimum atomic E-state index is -1.18. The van der Waals surface area contributed by atoms with Crippen LogP contribution in [-0.2, 0) is 15.6 Å². The van der Waals surface area contributed by atoms with Gasteiger partial charge >= 0.3 is 12.0 Å². The molecule has 7 heteroatoms. The highest BCUT2D eigenvalue weighted by Gasteiger charge is 2.18. The predicted molar refractivity (Wildman–Crippen MR) is 65.0 cm³/mol. The van der Waals surface area contributed by atoms with Crippen LogP contribution in [-0.4, -0.2) is 45.4 Å². The molecule has 0 aromatic rings. The fraction of sp³-hybridized carbons (Fsp3) is 0.600. The fourth-order valence-corrected chi connectivity index (χ4v) is 1.57. The summed E-state index contributed by atoms with van der Waals surface area (Å²) in [5.74, 6) is 1.85. The highest BCUT2D eigenvalue weighted by atomic mass is 32.2. The van der Waals surface area contributed by atoms with E-state index in [1.807, 2.05) is 0 Å². The van der Waals surface area contributed by atoms with Gasteiger partial charge in [-0.2, -0.15) is 0 Å². The van der Waals surface area contributed by atoms with Crippen LogP contribution in [0, 0.1) is 12.3 Å². The number of nitrogens with one attached hydrogen (secondary N) is 2. The Bertz CT molecular complexity index is 338. The third-order valence-electron chi connectivity index (χ3n) is 1.86. The van der Waals surface area contributed by atoms with E-state index < -0.39 is 28.8 Å². The van der Waals surface area contributed by atoms with E-state index in [0.717, 1.165) is 0 Å².